The Labute approximate surface area is 118 Å². The van der Waals surface area contributed by atoms with Crippen LogP contribution in [0, 0.1) is 5.92 Å². The Morgan fingerprint density at radius 3 is 3.20 bits per heavy atom. The number of anilines is 1. The monoisotopic (exact) mass is 276 g/mol. The lowest BCUT2D eigenvalue weighted by Crippen LogP contribution is -2.32. The van der Waals surface area contributed by atoms with Gasteiger partial charge in [-0.3, -0.25) is 4.79 Å². The topological polar surface area (TPSA) is 78.4 Å². The standard InChI is InChI=1S/C14H20N4O2/c19-13(20)6-10-7-15-4-5-18(8-10)14-11-2-1-3-12(11)16-9-17-14/h9-10,15H,1-8H2,(H,19,20)/t10-/m0/s1. The number of carbonyl (C=O) groups is 1. The van der Waals surface area contributed by atoms with Crippen LogP contribution >= 0.6 is 0 Å². The van der Waals surface area contributed by atoms with E-state index in [-0.39, 0.29) is 12.3 Å². The van der Waals surface area contributed by atoms with Crippen molar-refractivity contribution in [3.05, 3.63) is 17.6 Å². The number of fused-ring (bicyclic) bond motifs is 1. The van der Waals surface area contributed by atoms with Crippen molar-refractivity contribution in [2.24, 2.45) is 5.92 Å². The first-order valence-corrected chi connectivity index (χ1v) is 7.24. The second kappa shape index (κ2) is 5.75. The number of carboxylic acids is 1. The minimum atomic E-state index is -0.730. The van der Waals surface area contributed by atoms with Gasteiger partial charge in [0.05, 0.1) is 6.42 Å². The van der Waals surface area contributed by atoms with Crippen LogP contribution in [0.15, 0.2) is 6.33 Å². The Morgan fingerprint density at radius 1 is 1.45 bits per heavy atom. The van der Waals surface area contributed by atoms with Gasteiger partial charge >= 0.3 is 5.97 Å². The zero-order chi connectivity index (χ0) is 13.9. The van der Waals surface area contributed by atoms with Crippen molar-refractivity contribution in [2.75, 3.05) is 31.1 Å². The molecule has 108 valence electrons. The summed E-state index contributed by atoms with van der Waals surface area (Å²) in [4.78, 5) is 22.0. The van der Waals surface area contributed by atoms with E-state index in [0.29, 0.717) is 0 Å². The highest BCUT2D eigenvalue weighted by atomic mass is 16.4. The molecule has 1 aromatic heterocycles. The highest BCUT2D eigenvalue weighted by Crippen LogP contribution is 2.28. The number of aliphatic carboxylic acids is 1. The molecule has 0 unspecified atom stereocenters. The zero-order valence-electron chi connectivity index (χ0n) is 11.5. The minimum Gasteiger partial charge on any atom is -0.481 e. The Morgan fingerprint density at radius 2 is 2.35 bits per heavy atom. The van der Waals surface area contributed by atoms with Crippen LogP contribution in [0.25, 0.3) is 0 Å². The van der Waals surface area contributed by atoms with Crippen molar-refractivity contribution in [3.63, 3.8) is 0 Å². The third kappa shape index (κ3) is 2.75. The van der Waals surface area contributed by atoms with Crippen LogP contribution in [0.5, 0.6) is 0 Å². The summed E-state index contributed by atoms with van der Waals surface area (Å²) in [5.74, 6) is 0.417. The van der Waals surface area contributed by atoms with Crippen molar-refractivity contribution >= 4 is 11.8 Å². The summed E-state index contributed by atoms with van der Waals surface area (Å²) in [7, 11) is 0. The minimum absolute atomic E-state index is 0.127. The molecule has 1 saturated heterocycles. The van der Waals surface area contributed by atoms with E-state index in [1.54, 1.807) is 6.33 Å². The number of hydrogen-bond acceptors (Lipinski definition) is 5. The summed E-state index contributed by atoms with van der Waals surface area (Å²) in [5.41, 5.74) is 2.44. The Bertz CT molecular complexity index is 506. The third-order valence-corrected chi connectivity index (χ3v) is 4.09. The van der Waals surface area contributed by atoms with Gasteiger partial charge in [-0.25, -0.2) is 9.97 Å². The van der Waals surface area contributed by atoms with Gasteiger partial charge in [0.2, 0.25) is 0 Å². The summed E-state index contributed by atoms with van der Waals surface area (Å²) in [5, 5.41) is 12.3. The van der Waals surface area contributed by atoms with Gasteiger partial charge in [-0.15, -0.1) is 0 Å². The molecule has 1 atom stereocenters. The van der Waals surface area contributed by atoms with E-state index < -0.39 is 5.97 Å². The van der Waals surface area contributed by atoms with Crippen molar-refractivity contribution in [1.82, 2.24) is 15.3 Å². The molecule has 1 aliphatic heterocycles. The van der Waals surface area contributed by atoms with E-state index in [9.17, 15) is 4.79 Å². The zero-order valence-corrected chi connectivity index (χ0v) is 11.5. The van der Waals surface area contributed by atoms with Crippen molar-refractivity contribution < 1.29 is 9.90 Å². The first-order valence-electron chi connectivity index (χ1n) is 7.24. The Kier molecular flexibility index (Phi) is 3.82. The Hall–Kier alpha value is -1.69. The molecule has 3 rings (SSSR count). The van der Waals surface area contributed by atoms with Crippen molar-refractivity contribution in [1.29, 1.82) is 0 Å². The number of aryl methyl sites for hydroxylation is 1. The van der Waals surface area contributed by atoms with Crippen molar-refractivity contribution in [2.45, 2.75) is 25.7 Å². The van der Waals surface area contributed by atoms with E-state index in [2.05, 4.69) is 20.2 Å². The number of aromatic nitrogens is 2. The van der Waals surface area contributed by atoms with Crippen LogP contribution < -0.4 is 10.2 Å². The molecule has 6 nitrogen and oxygen atoms in total. The SMILES string of the molecule is O=C(O)C[C@H]1CNCCN(c2ncnc3c2CCC3)C1. The molecule has 0 saturated carbocycles. The van der Waals surface area contributed by atoms with Gasteiger partial charge in [0.25, 0.3) is 0 Å². The fourth-order valence-electron chi connectivity index (χ4n) is 3.18. The number of nitrogens with zero attached hydrogens (tertiary/aromatic N) is 3. The van der Waals surface area contributed by atoms with Gasteiger partial charge in [0.1, 0.15) is 12.1 Å². The summed E-state index contributed by atoms with van der Waals surface area (Å²) >= 11 is 0. The normalized spacial score (nSPS) is 22.4. The molecule has 2 N–H and O–H groups in total. The maximum Gasteiger partial charge on any atom is 0.303 e. The van der Waals surface area contributed by atoms with Crippen LogP contribution in [-0.2, 0) is 17.6 Å². The Balaban J connectivity index is 1.81. The average molecular weight is 276 g/mol. The van der Waals surface area contributed by atoms with E-state index >= 15 is 0 Å². The molecule has 20 heavy (non-hydrogen) atoms. The summed E-state index contributed by atoms with van der Waals surface area (Å²) < 4.78 is 0. The lowest BCUT2D eigenvalue weighted by Gasteiger charge is -2.26. The number of rotatable bonds is 3. The predicted molar refractivity (Wildman–Crippen MR) is 74.9 cm³/mol. The highest BCUT2D eigenvalue weighted by Gasteiger charge is 2.25. The quantitative estimate of drug-likeness (QED) is 0.835. The molecule has 1 aromatic rings. The van der Waals surface area contributed by atoms with E-state index in [0.717, 1.165) is 51.3 Å². The van der Waals surface area contributed by atoms with Crippen LogP contribution in [0.2, 0.25) is 0 Å². The fraction of sp³-hybridized carbons (Fsp3) is 0.643. The van der Waals surface area contributed by atoms with Crippen LogP contribution in [-0.4, -0.2) is 47.2 Å². The van der Waals surface area contributed by atoms with Gasteiger partial charge in [-0.2, -0.15) is 0 Å². The molecular formula is C14H20N4O2. The lowest BCUT2D eigenvalue weighted by atomic mass is 10.1. The number of carboxylic acid groups (broad SMARTS) is 1. The second-order valence-corrected chi connectivity index (χ2v) is 5.59. The van der Waals surface area contributed by atoms with Gasteiger partial charge in [-0.1, -0.05) is 0 Å². The van der Waals surface area contributed by atoms with E-state index in [1.165, 1.54) is 11.3 Å². The molecule has 2 heterocycles. The van der Waals surface area contributed by atoms with Crippen molar-refractivity contribution in [3.8, 4) is 0 Å². The fourth-order valence-corrected chi connectivity index (χ4v) is 3.18. The summed E-state index contributed by atoms with van der Waals surface area (Å²) in [6, 6.07) is 0. The molecule has 2 aliphatic rings. The molecule has 6 heteroatoms. The largest absolute Gasteiger partial charge is 0.481 e. The average Bonchev–Trinajstić information content (AvgIpc) is 2.78. The summed E-state index contributed by atoms with van der Waals surface area (Å²) in [6.07, 6.45) is 5.07. The predicted octanol–water partition coefficient (Wildman–Crippen LogP) is 0.466. The van der Waals surface area contributed by atoms with E-state index in [1.807, 2.05) is 0 Å². The molecule has 0 spiro atoms. The molecule has 1 fully saturated rings. The van der Waals surface area contributed by atoms with E-state index in [4.69, 9.17) is 5.11 Å². The first kappa shape index (κ1) is 13.3. The maximum absolute atomic E-state index is 10.9. The van der Waals surface area contributed by atoms with Gasteiger partial charge < -0.3 is 15.3 Å². The van der Waals surface area contributed by atoms with Crippen LogP contribution in [0.1, 0.15) is 24.1 Å². The molecule has 0 radical (unpaired) electrons. The second-order valence-electron chi connectivity index (χ2n) is 5.59. The lowest BCUT2D eigenvalue weighted by molar-refractivity contribution is -0.137. The highest BCUT2D eigenvalue weighted by molar-refractivity contribution is 5.67. The molecule has 0 amide bonds. The van der Waals surface area contributed by atoms with Gasteiger partial charge in [-0.05, 0) is 25.2 Å². The van der Waals surface area contributed by atoms with Gasteiger partial charge in [0, 0.05) is 37.4 Å². The molecule has 0 aromatic carbocycles. The summed E-state index contributed by atoms with van der Waals surface area (Å²) in [6.45, 7) is 3.26. The molecular weight excluding hydrogens is 256 g/mol. The van der Waals surface area contributed by atoms with Crippen LogP contribution in [0.3, 0.4) is 0 Å². The third-order valence-electron chi connectivity index (χ3n) is 4.09. The van der Waals surface area contributed by atoms with Crippen LogP contribution in [0.4, 0.5) is 5.82 Å². The molecule has 0 bridgehead atoms. The number of hydrogen-bond donors (Lipinski definition) is 2. The smallest absolute Gasteiger partial charge is 0.303 e. The molecule has 1 aliphatic carbocycles. The maximum atomic E-state index is 10.9. The number of nitrogens with one attached hydrogen (secondary N) is 1. The van der Waals surface area contributed by atoms with Gasteiger partial charge in [0.15, 0.2) is 0 Å². The first-order chi connectivity index (χ1) is 9.74.